The molecule has 0 amide bonds. The van der Waals surface area contributed by atoms with Crippen molar-refractivity contribution in [3.63, 3.8) is 0 Å². The zero-order valence-electron chi connectivity index (χ0n) is 8.59. The molecule has 86 valence electrons. The van der Waals surface area contributed by atoms with Crippen LogP contribution in [0.1, 0.15) is 5.69 Å². The molecule has 3 aromatic rings. The highest BCUT2D eigenvalue weighted by molar-refractivity contribution is 6.31. The van der Waals surface area contributed by atoms with Crippen molar-refractivity contribution in [3.05, 3.63) is 51.8 Å². The van der Waals surface area contributed by atoms with Gasteiger partial charge in [0.2, 0.25) is 0 Å². The highest BCUT2D eigenvalue weighted by atomic mass is 35.5. The van der Waals surface area contributed by atoms with Gasteiger partial charge in [-0.2, -0.15) is 0 Å². The van der Waals surface area contributed by atoms with Crippen LogP contribution in [0.15, 0.2) is 44.3 Å². The number of fused-ring (bicyclic) bond motifs is 1. The van der Waals surface area contributed by atoms with Crippen molar-refractivity contribution in [1.29, 1.82) is 0 Å². The van der Waals surface area contributed by atoms with Crippen LogP contribution in [0.25, 0.3) is 11.1 Å². The molecule has 2 aromatic heterocycles. The van der Waals surface area contributed by atoms with E-state index in [1.165, 1.54) is 10.8 Å². The number of aromatic nitrogens is 2. The monoisotopic (exact) mass is 250 g/mol. The first-order valence-corrected chi connectivity index (χ1v) is 5.30. The minimum Gasteiger partial charge on any atom is -0.408 e. The van der Waals surface area contributed by atoms with Gasteiger partial charge in [-0.25, -0.2) is 4.79 Å². The van der Waals surface area contributed by atoms with Crippen LogP contribution in [-0.2, 0) is 6.54 Å². The van der Waals surface area contributed by atoms with Crippen LogP contribution in [0.2, 0.25) is 5.02 Å². The van der Waals surface area contributed by atoms with E-state index >= 15 is 0 Å². The zero-order chi connectivity index (χ0) is 11.8. The summed E-state index contributed by atoms with van der Waals surface area (Å²) in [6.45, 7) is 0.294. The van der Waals surface area contributed by atoms with Crippen molar-refractivity contribution in [1.82, 2.24) is 9.72 Å². The van der Waals surface area contributed by atoms with E-state index in [4.69, 9.17) is 20.5 Å². The van der Waals surface area contributed by atoms with Gasteiger partial charge in [0.05, 0.1) is 12.1 Å². The Balaban J connectivity index is 2.17. The summed E-state index contributed by atoms with van der Waals surface area (Å²) in [5, 5.41) is 4.30. The fourth-order valence-corrected chi connectivity index (χ4v) is 1.83. The SMILES string of the molecule is O=c1oc2ccc(Cl)cc2n1Cc1ccon1. The first-order chi connectivity index (χ1) is 8.24. The van der Waals surface area contributed by atoms with Crippen LogP contribution >= 0.6 is 11.6 Å². The zero-order valence-corrected chi connectivity index (χ0v) is 9.35. The van der Waals surface area contributed by atoms with Gasteiger partial charge in [-0.3, -0.25) is 4.57 Å². The summed E-state index contributed by atoms with van der Waals surface area (Å²) in [5.41, 5.74) is 1.79. The van der Waals surface area contributed by atoms with E-state index in [-0.39, 0.29) is 0 Å². The summed E-state index contributed by atoms with van der Waals surface area (Å²) >= 11 is 5.89. The molecule has 0 N–H and O–H groups in total. The molecular weight excluding hydrogens is 244 g/mol. The van der Waals surface area contributed by atoms with Gasteiger partial charge in [0.1, 0.15) is 12.0 Å². The van der Waals surface area contributed by atoms with Gasteiger partial charge in [-0.1, -0.05) is 16.8 Å². The number of rotatable bonds is 2. The Hall–Kier alpha value is -2.01. The molecule has 0 aliphatic rings. The molecule has 0 bridgehead atoms. The summed E-state index contributed by atoms with van der Waals surface area (Å²) in [6, 6.07) is 6.71. The molecule has 0 saturated carbocycles. The van der Waals surface area contributed by atoms with Crippen LogP contribution in [0.4, 0.5) is 0 Å². The molecule has 2 heterocycles. The molecule has 0 spiro atoms. The molecule has 17 heavy (non-hydrogen) atoms. The Kier molecular flexibility index (Phi) is 2.26. The lowest BCUT2D eigenvalue weighted by Gasteiger charge is -1.98. The molecule has 0 atom stereocenters. The number of nitrogens with zero attached hydrogens (tertiary/aromatic N) is 2. The molecular formula is C11H7ClN2O3. The highest BCUT2D eigenvalue weighted by Gasteiger charge is 2.11. The van der Waals surface area contributed by atoms with Gasteiger partial charge in [-0.05, 0) is 18.2 Å². The first-order valence-electron chi connectivity index (χ1n) is 4.92. The van der Waals surface area contributed by atoms with Crippen molar-refractivity contribution in [2.45, 2.75) is 6.54 Å². The maximum atomic E-state index is 11.7. The molecule has 6 heteroatoms. The van der Waals surface area contributed by atoms with Gasteiger partial charge >= 0.3 is 5.76 Å². The van der Waals surface area contributed by atoms with Crippen molar-refractivity contribution in [2.24, 2.45) is 0 Å². The Morgan fingerprint density at radius 1 is 1.35 bits per heavy atom. The third-order valence-electron chi connectivity index (χ3n) is 2.44. The molecule has 0 saturated heterocycles. The van der Waals surface area contributed by atoms with Crippen LogP contribution in [0.5, 0.6) is 0 Å². The van der Waals surface area contributed by atoms with E-state index < -0.39 is 5.76 Å². The number of hydrogen-bond donors (Lipinski definition) is 0. The Labute approximate surface area is 100 Å². The van der Waals surface area contributed by atoms with Crippen LogP contribution in [0.3, 0.4) is 0 Å². The van der Waals surface area contributed by atoms with Crippen molar-refractivity contribution in [3.8, 4) is 0 Å². The van der Waals surface area contributed by atoms with E-state index in [0.29, 0.717) is 28.4 Å². The number of halogens is 1. The van der Waals surface area contributed by atoms with Gasteiger partial charge in [0, 0.05) is 11.1 Å². The maximum Gasteiger partial charge on any atom is 0.420 e. The molecule has 5 nitrogen and oxygen atoms in total. The van der Waals surface area contributed by atoms with Gasteiger partial charge < -0.3 is 8.94 Å². The fraction of sp³-hybridized carbons (Fsp3) is 0.0909. The van der Waals surface area contributed by atoms with E-state index in [0.717, 1.165) is 0 Å². The van der Waals surface area contributed by atoms with Gasteiger partial charge in [0.15, 0.2) is 5.58 Å². The van der Waals surface area contributed by atoms with Crippen LogP contribution in [0, 0.1) is 0 Å². The lowest BCUT2D eigenvalue weighted by Crippen LogP contribution is -2.14. The highest BCUT2D eigenvalue weighted by Crippen LogP contribution is 2.18. The predicted molar refractivity (Wildman–Crippen MR) is 61.1 cm³/mol. The summed E-state index contributed by atoms with van der Waals surface area (Å²) in [5.74, 6) is -0.440. The fourth-order valence-electron chi connectivity index (χ4n) is 1.67. The molecule has 0 fully saturated rings. The van der Waals surface area contributed by atoms with Gasteiger partial charge in [0.25, 0.3) is 0 Å². The molecule has 0 unspecified atom stereocenters. The standard InChI is InChI=1S/C11H7ClN2O3/c12-7-1-2-10-9(5-7)14(11(15)17-10)6-8-3-4-16-13-8/h1-5H,6H2. The maximum absolute atomic E-state index is 11.7. The second-order valence-electron chi connectivity index (χ2n) is 3.56. The summed E-state index contributed by atoms with van der Waals surface area (Å²) in [4.78, 5) is 11.7. The molecule has 0 aliphatic carbocycles. The summed E-state index contributed by atoms with van der Waals surface area (Å²) in [6.07, 6.45) is 1.45. The third-order valence-corrected chi connectivity index (χ3v) is 2.68. The summed E-state index contributed by atoms with van der Waals surface area (Å²) in [7, 11) is 0. The average molecular weight is 251 g/mol. The quantitative estimate of drug-likeness (QED) is 0.700. The Bertz CT molecular complexity index is 712. The molecule has 0 aliphatic heterocycles. The predicted octanol–water partition coefficient (Wildman–Crippen LogP) is 2.28. The minimum atomic E-state index is -0.440. The van der Waals surface area contributed by atoms with Crippen molar-refractivity contribution in [2.75, 3.05) is 0 Å². The van der Waals surface area contributed by atoms with Crippen molar-refractivity contribution < 1.29 is 8.94 Å². The number of benzene rings is 1. The van der Waals surface area contributed by atoms with Crippen LogP contribution < -0.4 is 5.76 Å². The van der Waals surface area contributed by atoms with E-state index in [9.17, 15) is 4.79 Å². The average Bonchev–Trinajstić information content (AvgIpc) is 2.90. The third kappa shape index (κ3) is 1.74. The molecule has 1 aromatic carbocycles. The Morgan fingerprint density at radius 3 is 3.00 bits per heavy atom. The van der Waals surface area contributed by atoms with Gasteiger partial charge in [-0.15, -0.1) is 0 Å². The topological polar surface area (TPSA) is 61.2 Å². The Morgan fingerprint density at radius 2 is 2.24 bits per heavy atom. The smallest absolute Gasteiger partial charge is 0.408 e. The number of hydrogen-bond acceptors (Lipinski definition) is 4. The molecule has 0 radical (unpaired) electrons. The molecule has 3 rings (SSSR count). The lowest BCUT2D eigenvalue weighted by atomic mass is 10.3. The van der Waals surface area contributed by atoms with E-state index in [1.54, 1.807) is 24.3 Å². The lowest BCUT2D eigenvalue weighted by molar-refractivity contribution is 0.408. The number of oxazole rings is 1. The van der Waals surface area contributed by atoms with Crippen molar-refractivity contribution >= 4 is 22.7 Å². The largest absolute Gasteiger partial charge is 0.420 e. The van der Waals surface area contributed by atoms with E-state index in [2.05, 4.69) is 5.16 Å². The van der Waals surface area contributed by atoms with Crippen LogP contribution in [-0.4, -0.2) is 9.72 Å². The first kappa shape index (κ1) is 10.2. The second-order valence-corrected chi connectivity index (χ2v) is 3.99. The second kappa shape index (κ2) is 3.78. The summed E-state index contributed by atoms with van der Waals surface area (Å²) < 4.78 is 11.3. The minimum absolute atomic E-state index is 0.294. The van der Waals surface area contributed by atoms with E-state index in [1.807, 2.05) is 0 Å². The normalized spacial score (nSPS) is 11.1.